The van der Waals surface area contributed by atoms with Gasteiger partial charge in [-0.15, -0.1) is 13.2 Å². The van der Waals surface area contributed by atoms with Crippen LogP contribution in [0.2, 0.25) is 5.02 Å². The molecule has 1 aliphatic rings. The van der Waals surface area contributed by atoms with Gasteiger partial charge in [-0.25, -0.2) is 15.0 Å². The van der Waals surface area contributed by atoms with Crippen molar-refractivity contribution in [3.05, 3.63) is 45.6 Å². The van der Waals surface area contributed by atoms with Gasteiger partial charge in [-0.05, 0) is 50.3 Å². The maximum absolute atomic E-state index is 12.9. The van der Waals surface area contributed by atoms with Crippen LogP contribution in [0.15, 0.2) is 29.3 Å². The summed E-state index contributed by atoms with van der Waals surface area (Å²) in [6.07, 6.45) is -0.636. The van der Waals surface area contributed by atoms with Gasteiger partial charge >= 0.3 is 6.36 Å². The van der Waals surface area contributed by atoms with Crippen LogP contribution in [0.25, 0.3) is 22.4 Å². The molecule has 2 heterocycles. The molecule has 0 unspecified atom stereocenters. The summed E-state index contributed by atoms with van der Waals surface area (Å²) in [5.74, 6) is -0.0195. The summed E-state index contributed by atoms with van der Waals surface area (Å²) in [5, 5.41) is 0.0168. The number of alkyl halides is 3. The highest BCUT2D eigenvalue weighted by molar-refractivity contribution is 6.33. The highest BCUT2D eigenvalue weighted by atomic mass is 35.5. The zero-order valence-corrected chi connectivity index (χ0v) is 17.0. The van der Waals surface area contributed by atoms with Crippen molar-refractivity contribution in [1.29, 1.82) is 0 Å². The summed E-state index contributed by atoms with van der Waals surface area (Å²) >= 11 is 6.25. The van der Waals surface area contributed by atoms with Gasteiger partial charge in [0.1, 0.15) is 29.0 Å². The number of benzene rings is 1. The van der Waals surface area contributed by atoms with Crippen LogP contribution in [0, 0.1) is 12.8 Å². The molecule has 0 radical (unpaired) electrons. The van der Waals surface area contributed by atoms with E-state index in [-0.39, 0.29) is 16.6 Å². The minimum atomic E-state index is -4.82. The second-order valence-electron chi connectivity index (χ2n) is 7.27. The molecule has 3 aromatic rings. The molecular formula is C20H18ClF3N4O2. The van der Waals surface area contributed by atoms with Crippen molar-refractivity contribution in [2.24, 2.45) is 5.92 Å². The Kier molecular flexibility index (Phi) is 5.17. The lowest BCUT2D eigenvalue weighted by atomic mass is 10.1. The number of ether oxygens (including phenoxy) is 1. The van der Waals surface area contributed by atoms with Crippen molar-refractivity contribution >= 4 is 22.8 Å². The maximum Gasteiger partial charge on any atom is 0.573 e. The van der Waals surface area contributed by atoms with Crippen molar-refractivity contribution in [2.45, 2.75) is 45.5 Å². The number of hydrogen-bond acceptors (Lipinski definition) is 5. The van der Waals surface area contributed by atoms with Gasteiger partial charge in [-0.1, -0.05) is 18.5 Å². The molecule has 0 aliphatic heterocycles. The van der Waals surface area contributed by atoms with E-state index in [9.17, 15) is 18.0 Å². The third-order valence-corrected chi connectivity index (χ3v) is 5.50. The lowest BCUT2D eigenvalue weighted by Crippen LogP contribution is -2.29. The van der Waals surface area contributed by atoms with E-state index in [2.05, 4.69) is 19.7 Å². The number of aromatic nitrogens is 4. The van der Waals surface area contributed by atoms with Crippen molar-refractivity contribution in [3.63, 3.8) is 0 Å². The highest BCUT2D eigenvalue weighted by Gasteiger charge is 2.34. The van der Waals surface area contributed by atoms with Gasteiger partial charge in [-0.2, -0.15) is 0 Å². The Hall–Kier alpha value is -2.68. The molecule has 1 fully saturated rings. The molecule has 10 heteroatoms. The Morgan fingerprint density at radius 3 is 2.63 bits per heavy atom. The third kappa shape index (κ3) is 3.86. The number of nitrogens with zero attached hydrogens (tertiary/aromatic N) is 4. The van der Waals surface area contributed by atoms with Crippen molar-refractivity contribution in [1.82, 2.24) is 19.5 Å². The highest BCUT2D eigenvalue weighted by Crippen LogP contribution is 2.42. The summed E-state index contributed by atoms with van der Waals surface area (Å²) < 4.78 is 43.0. The zero-order valence-electron chi connectivity index (χ0n) is 16.2. The number of halogens is 4. The molecule has 0 N–H and O–H groups in total. The van der Waals surface area contributed by atoms with Crippen LogP contribution in [0.1, 0.15) is 37.9 Å². The average Bonchev–Trinajstić information content (AvgIpc) is 3.49. The average molecular weight is 439 g/mol. The standard InChI is InChI=1S/C20H18ClF3N4O2/c1-3-15(11-4-5-11)28-18-17(27-10(2)19(28)29)16(25-9-26-18)13-7-6-12(8-14(13)21)30-20(22,23)24/h6-9,11,15H,3-5H2,1-2H3/t15-/m1/s1. The monoisotopic (exact) mass is 438 g/mol. The van der Waals surface area contributed by atoms with E-state index in [1.807, 2.05) is 6.92 Å². The third-order valence-electron chi connectivity index (χ3n) is 5.18. The number of hydrogen-bond donors (Lipinski definition) is 0. The van der Waals surface area contributed by atoms with Gasteiger partial charge in [0.25, 0.3) is 5.56 Å². The van der Waals surface area contributed by atoms with Crippen LogP contribution in [-0.2, 0) is 0 Å². The normalized spacial score (nSPS) is 15.4. The van der Waals surface area contributed by atoms with Crippen LogP contribution in [0.5, 0.6) is 5.75 Å². The van der Waals surface area contributed by atoms with Gasteiger partial charge in [-0.3, -0.25) is 9.36 Å². The predicted octanol–water partition coefficient (Wildman–Crippen LogP) is 5.08. The van der Waals surface area contributed by atoms with Gasteiger partial charge in [0.15, 0.2) is 5.65 Å². The first-order valence-corrected chi connectivity index (χ1v) is 9.87. The largest absolute Gasteiger partial charge is 0.573 e. The molecule has 30 heavy (non-hydrogen) atoms. The van der Waals surface area contributed by atoms with Crippen LogP contribution in [0.3, 0.4) is 0 Å². The number of fused-ring (bicyclic) bond motifs is 1. The molecule has 1 aliphatic carbocycles. The van der Waals surface area contributed by atoms with Crippen LogP contribution >= 0.6 is 11.6 Å². The predicted molar refractivity (Wildman–Crippen MR) is 106 cm³/mol. The van der Waals surface area contributed by atoms with Crippen molar-refractivity contribution < 1.29 is 17.9 Å². The minimum absolute atomic E-state index is 0.00230. The van der Waals surface area contributed by atoms with Crippen LogP contribution < -0.4 is 10.3 Å². The van der Waals surface area contributed by atoms with E-state index in [1.165, 1.54) is 12.4 Å². The van der Waals surface area contributed by atoms with E-state index in [0.717, 1.165) is 31.4 Å². The molecule has 0 saturated heterocycles. The van der Waals surface area contributed by atoms with E-state index >= 15 is 0 Å². The molecule has 158 valence electrons. The summed E-state index contributed by atoms with van der Waals surface area (Å²) in [6, 6.07) is 3.61. The Morgan fingerprint density at radius 1 is 1.30 bits per heavy atom. The fourth-order valence-corrected chi connectivity index (χ4v) is 3.99. The second kappa shape index (κ2) is 7.54. The second-order valence-corrected chi connectivity index (χ2v) is 7.68. The van der Waals surface area contributed by atoms with Gasteiger partial charge < -0.3 is 4.74 Å². The SMILES string of the molecule is CC[C@H](C1CC1)n1c(=O)c(C)nc2c(-c3ccc(OC(F)(F)F)cc3Cl)ncnc21. The van der Waals surface area contributed by atoms with Crippen LogP contribution in [-0.4, -0.2) is 25.9 Å². The van der Waals surface area contributed by atoms with E-state index in [0.29, 0.717) is 34.0 Å². The molecular weight excluding hydrogens is 421 g/mol. The smallest absolute Gasteiger partial charge is 0.406 e. The lowest BCUT2D eigenvalue weighted by Gasteiger charge is -2.20. The Morgan fingerprint density at radius 2 is 2.03 bits per heavy atom. The number of rotatable bonds is 5. The van der Waals surface area contributed by atoms with Crippen molar-refractivity contribution in [2.75, 3.05) is 0 Å². The quantitative estimate of drug-likeness (QED) is 0.556. The molecule has 4 rings (SSSR count). The van der Waals surface area contributed by atoms with Gasteiger partial charge in [0.2, 0.25) is 0 Å². The Bertz CT molecular complexity index is 1180. The van der Waals surface area contributed by atoms with Crippen molar-refractivity contribution in [3.8, 4) is 17.0 Å². The molecule has 1 atom stereocenters. The maximum atomic E-state index is 12.9. The Labute approximate surface area is 174 Å². The molecule has 0 spiro atoms. The first-order chi connectivity index (χ1) is 14.2. The topological polar surface area (TPSA) is 69.9 Å². The lowest BCUT2D eigenvalue weighted by molar-refractivity contribution is -0.274. The minimum Gasteiger partial charge on any atom is -0.406 e. The van der Waals surface area contributed by atoms with E-state index in [4.69, 9.17) is 11.6 Å². The summed E-state index contributed by atoms with van der Waals surface area (Å²) in [6.45, 7) is 3.64. The molecule has 1 saturated carbocycles. The summed E-state index contributed by atoms with van der Waals surface area (Å²) in [7, 11) is 0. The molecule has 6 nitrogen and oxygen atoms in total. The first-order valence-electron chi connectivity index (χ1n) is 9.49. The van der Waals surface area contributed by atoms with E-state index < -0.39 is 12.1 Å². The number of aryl methyl sites for hydroxylation is 1. The fourth-order valence-electron chi connectivity index (χ4n) is 3.73. The van der Waals surface area contributed by atoms with Gasteiger partial charge in [0, 0.05) is 11.6 Å². The Balaban J connectivity index is 1.89. The van der Waals surface area contributed by atoms with Crippen LogP contribution in [0.4, 0.5) is 13.2 Å². The molecule has 1 aromatic carbocycles. The molecule has 0 amide bonds. The summed E-state index contributed by atoms with van der Waals surface area (Å²) in [5.41, 5.74) is 1.57. The van der Waals surface area contributed by atoms with E-state index in [1.54, 1.807) is 11.5 Å². The summed E-state index contributed by atoms with van der Waals surface area (Å²) in [4.78, 5) is 25.9. The fraction of sp³-hybridized carbons (Fsp3) is 0.400. The van der Waals surface area contributed by atoms with Gasteiger partial charge in [0.05, 0.1) is 5.02 Å². The molecule has 0 bridgehead atoms. The first kappa shape index (κ1) is 20.6. The molecule has 2 aromatic heterocycles. The zero-order chi connectivity index (χ0) is 21.6.